The number of halogens is 1. The molecule has 0 bridgehead atoms. The number of hydrogen-bond donors (Lipinski definition) is 2. The van der Waals surface area contributed by atoms with E-state index in [4.69, 9.17) is 4.74 Å². The van der Waals surface area contributed by atoms with Crippen LogP contribution in [0.15, 0.2) is 34.4 Å². The summed E-state index contributed by atoms with van der Waals surface area (Å²) in [6.45, 7) is 6.31. The van der Waals surface area contributed by atoms with E-state index in [0.29, 0.717) is 29.6 Å². The fourth-order valence-corrected chi connectivity index (χ4v) is 3.57. The summed E-state index contributed by atoms with van der Waals surface area (Å²) in [7, 11) is 0. The Morgan fingerprint density at radius 3 is 2.70 bits per heavy atom. The Kier molecular flexibility index (Phi) is 5.95. The number of aromatic amines is 1. The minimum Gasteiger partial charge on any atom is -0.462 e. The number of amidine groups is 1. The molecule has 1 aliphatic heterocycles. The van der Waals surface area contributed by atoms with Crippen LogP contribution in [-0.4, -0.2) is 34.2 Å². The highest BCUT2D eigenvalue weighted by Crippen LogP contribution is 2.22. The van der Waals surface area contributed by atoms with Gasteiger partial charge in [0.05, 0.1) is 30.1 Å². The number of nitrogens with zero attached hydrogens (tertiary/aromatic N) is 2. The third kappa shape index (κ3) is 4.39. The first-order valence-corrected chi connectivity index (χ1v) is 9.59. The predicted molar refractivity (Wildman–Crippen MR) is 106 cm³/mol. The third-order valence-corrected chi connectivity index (χ3v) is 5.07. The molecular formula is C19H21FN4O2S. The van der Waals surface area contributed by atoms with E-state index in [1.165, 1.54) is 23.9 Å². The van der Waals surface area contributed by atoms with Gasteiger partial charge in [-0.1, -0.05) is 23.9 Å². The number of esters is 1. The molecule has 0 spiro atoms. The normalized spacial score (nSPS) is 15.4. The molecule has 142 valence electrons. The van der Waals surface area contributed by atoms with E-state index >= 15 is 0 Å². The molecule has 1 aromatic carbocycles. The highest BCUT2D eigenvalue weighted by Gasteiger charge is 2.23. The van der Waals surface area contributed by atoms with Gasteiger partial charge in [-0.15, -0.1) is 0 Å². The Balaban J connectivity index is 1.72. The van der Waals surface area contributed by atoms with Crippen molar-refractivity contribution < 1.29 is 13.9 Å². The van der Waals surface area contributed by atoms with Crippen molar-refractivity contribution in [2.24, 2.45) is 10.1 Å². The molecule has 0 saturated carbocycles. The molecule has 1 aromatic heterocycles. The lowest BCUT2D eigenvalue weighted by Crippen LogP contribution is -2.26. The Morgan fingerprint density at radius 1 is 1.33 bits per heavy atom. The van der Waals surface area contributed by atoms with Crippen LogP contribution in [0.3, 0.4) is 0 Å². The van der Waals surface area contributed by atoms with Crippen molar-refractivity contribution in [2.45, 2.75) is 27.3 Å². The van der Waals surface area contributed by atoms with E-state index in [9.17, 15) is 9.18 Å². The van der Waals surface area contributed by atoms with Gasteiger partial charge in [0, 0.05) is 11.4 Å². The van der Waals surface area contributed by atoms with Crippen LogP contribution in [0, 0.1) is 19.7 Å². The molecule has 2 aromatic rings. The van der Waals surface area contributed by atoms with Gasteiger partial charge in [0.1, 0.15) is 5.82 Å². The van der Waals surface area contributed by atoms with Gasteiger partial charge in [0.15, 0.2) is 5.17 Å². The van der Waals surface area contributed by atoms with E-state index in [1.807, 2.05) is 13.8 Å². The molecule has 0 amide bonds. The first kappa shape index (κ1) is 19.2. The SMILES string of the molecule is CCOC(=O)c1c(C)[nH]c(C2=NNC(=NCc3ccc(F)cc3)SC2)c1C. The largest absolute Gasteiger partial charge is 0.462 e. The molecule has 8 heteroatoms. The van der Waals surface area contributed by atoms with Crippen molar-refractivity contribution in [1.82, 2.24) is 10.4 Å². The molecule has 0 radical (unpaired) electrons. The second-order valence-corrected chi connectivity index (χ2v) is 7.02. The number of rotatable bonds is 5. The van der Waals surface area contributed by atoms with E-state index in [0.717, 1.165) is 28.2 Å². The first-order chi connectivity index (χ1) is 13.0. The second-order valence-electron chi connectivity index (χ2n) is 6.05. The molecule has 6 nitrogen and oxygen atoms in total. The quantitative estimate of drug-likeness (QED) is 0.768. The van der Waals surface area contributed by atoms with Crippen molar-refractivity contribution in [3.8, 4) is 0 Å². The van der Waals surface area contributed by atoms with Crippen molar-refractivity contribution in [2.75, 3.05) is 12.4 Å². The van der Waals surface area contributed by atoms with Crippen molar-refractivity contribution in [1.29, 1.82) is 0 Å². The summed E-state index contributed by atoms with van der Waals surface area (Å²) < 4.78 is 18.1. The number of aliphatic imine (C=N–C) groups is 1. The molecule has 0 atom stereocenters. The number of H-pyrrole nitrogens is 1. The summed E-state index contributed by atoms with van der Waals surface area (Å²) in [6, 6.07) is 6.27. The van der Waals surface area contributed by atoms with Gasteiger partial charge in [-0.2, -0.15) is 5.10 Å². The van der Waals surface area contributed by atoms with E-state index in [2.05, 4.69) is 20.5 Å². The molecular weight excluding hydrogens is 367 g/mol. The molecule has 27 heavy (non-hydrogen) atoms. The molecule has 1 aliphatic rings. The first-order valence-electron chi connectivity index (χ1n) is 8.60. The van der Waals surface area contributed by atoms with Crippen LogP contribution in [0.4, 0.5) is 4.39 Å². The van der Waals surface area contributed by atoms with E-state index < -0.39 is 0 Å². The van der Waals surface area contributed by atoms with Crippen molar-refractivity contribution in [3.63, 3.8) is 0 Å². The van der Waals surface area contributed by atoms with Crippen LogP contribution in [0.2, 0.25) is 0 Å². The minimum atomic E-state index is -0.325. The summed E-state index contributed by atoms with van der Waals surface area (Å²) >= 11 is 1.53. The van der Waals surface area contributed by atoms with Crippen LogP contribution < -0.4 is 5.43 Å². The molecule has 2 N–H and O–H groups in total. The monoisotopic (exact) mass is 388 g/mol. The Bertz CT molecular complexity index is 903. The average molecular weight is 388 g/mol. The van der Waals surface area contributed by atoms with E-state index in [1.54, 1.807) is 19.1 Å². The van der Waals surface area contributed by atoms with Gasteiger partial charge >= 0.3 is 5.97 Å². The molecule has 0 aliphatic carbocycles. The number of aromatic nitrogens is 1. The highest BCUT2D eigenvalue weighted by atomic mass is 32.2. The van der Waals surface area contributed by atoms with Gasteiger partial charge in [-0.25, -0.2) is 9.18 Å². The van der Waals surface area contributed by atoms with Crippen molar-refractivity contribution >= 4 is 28.6 Å². The lowest BCUT2D eigenvalue weighted by molar-refractivity contribution is 0.0525. The number of carbonyl (C=O) groups is 1. The number of hydrogen-bond acceptors (Lipinski definition) is 5. The van der Waals surface area contributed by atoms with Crippen LogP contribution in [-0.2, 0) is 11.3 Å². The Hall–Kier alpha value is -2.61. The zero-order chi connectivity index (χ0) is 19.4. The average Bonchev–Trinajstić information content (AvgIpc) is 2.96. The van der Waals surface area contributed by atoms with Gasteiger partial charge in [-0.05, 0) is 44.0 Å². The predicted octanol–water partition coefficient (Wildman–Crippen LogP) is 3.54. The number of nitrogens with one attached hydrogen (secondary N) is 2. The van der Waals surface area contributed by atoms with Crippen LogP contribution in [0.25, 0.3) is 0 Å². The van der Waals surface area contributed by atoms with Gasteiger partial charge in [-0.3, -0.25) is 10.4 Å². The lowest BCUT2D eigenvalue weighted by Gasteiger charge is -2.14. The molecule has 2 heterocycles. The fraction of sp³-hybridized carbons (Fsp3) is 0.316. The zero-order valence-electron chi connectivity index (χ0n) is 15.4. The van der Waals surface area contributed by atoms with Crippen LogP contribution >= 0.6 is 11.8 Å². The topological polar surface area (TPSA) is 78.8 Å². The number of aryl methyl sites for hydroxylation is 1. The maximum absolute atomic E-state index is 12.9. The number of ether oxygens (including phenoxy) is 1. The Morgan fingerprint density at radius 2 is 2.07 bits per heavy atom. The highest BCUT2D eigenvalue weighted by molar-refractivity contribution is 8.14. The molecule has 3 rings (SSSR count). The molecule has 0 unspecified atom stereocenters. The minimum absolute atomic E-state index is 0.260. The smallest absolute Gasteiger partial charge is 0.340 e. The zero-order valence-corrected chi connectivity index (χ0v) is 16.2. The number of hydrazone groups is 1. The number of benzene rings is 1. The summed E-state index contributed by atoms with van der Waals surface area (Å²) in [4.78, 5) is 19.8. The van der Waals surface area contributed by atoms with Gasteiger partial charge in [0.25, 0.3) is 0 Å². The summed E-state index contributed by atoms with van der Waals surface area (Å²) in [6.07, 6.45) is 0. The number of thioether (sulfide) groups is 1. The summed E-state index contributed by atoms with van der Waals surface area (Å²) in [5.74, 6) is 0.0383. The number of carbonyl (C=O) groups excluding carboxylic acids is 1. The summed E-state index contributed by atoms with van der Waals surface area (Å²) in [5, 5.41) is 5.10. The second kappa shape index (κ2) is 8.39. The fourth-order valence-electron chi connectivity index (χ4n) is 2.83. The molecule has 0 saturated heterocycles. The molecule has 0 fully saturated rings. The van der Waals surface area contributed by atoms with Gasteiger partial charge < -0.3 is 9.72 Å². The standard InChI is InChI=1S/C19H21FN4O2S/c1-4-26-18(25)16-11(2)17(22-12(16)3)15-10-27-19(24-23-15)21-9-13-5-7-14(20)8-6-13/h5-8,22H,4,9-10H2,1-3H3,(H,21,24). The van der Waals surface area contributed by atoms with E-state index in [-0.39, 0.29) is 11.8 Å². The summed E-state index contributed by atoms with van der Waals surface area (Å²) in [5.41, 5.74) is 7.69. The maximum atomic E-state index is 12.9. The van der Waals surface area contributed by atoms with Crippen molar-refractivity contribution in [3.05, 3.63) is 58.2 Å². The van der Waals surface area contributed by atoms with Gasteiger partial charge in [0.2, 0.25) is 0 Å². The van der Waals surface area contributed by atoms with Crippen LogP contribution in [0.1, 0.15) is 39.8 Å². The lowest BCUT2D eigenvalue weighted by atomic mass is 10.1. The Labute approximate surface area is 161 Å². The van der Waals surface area contributed by atoms with Crippen LogP contribution in [0.5, 0.6) is 0 Å². The third-order valence-electron chi connectivity index (χ3n) is 4.16. The maximum Gasteiger partial charge on any atom is 0.340 e.